The van der Waals surface area contributed by atoms with Crippen LogP contribution in [0.3, 0.4) is 0 Å². The standard InChI is InChI=1S/C28H41N3O6S/c1-20-18-31(21(2)19-32)28(33)25-16-23(30-38(34,35)24-11-6-5-7-12-24)13-14-26(25)37-22(3)10-8-9-15-36-27(20)17-29-4/h5-7,11-14,16,20-22,27,29-30,32H,8-10,15,17-19H2,1-4H3/t20-,21-,22-,27+/m1/s1. The van der Waals surface area contributed by atoms with Crippen LogP contribution in [-0.4, -0.2) is 75.9 Å². The highest BCUT2D eigenvalue weighted by molar-refractivity contribution is 7.92. The normalized spacial score (nSPS) is 22.6. The number of amides is 1. The minimum atomic E-state index is -3.85. The zero-order valence-electron chi connectivity index (χ0n) is 22.7. The summed E-state index contributed by atoms with van der Waals surface area (Å²) in [6, 6.07) is 12.3. The summed E-state index contributed by atoms with van der Waals surface area (Å²) in [6.07, 6.45) is 2.31. The minimum Gasteiger partial charge on any atom is -0.490 e. The Bertz CT molecular complexity index is 1140. The zero-order chi connectivity index (χ0) is 27.7. The average molecular weight is 548 g/mol. The molecule has 0 spiro atoms. The Morgan fingerprint density at radius 3 is 2.55 bits per heavy atom. The Hall–Kier alpha value is -2.66. The molecule has 9 nitrogen and oxygen atoms in total. The number of aliphatic hydroxyl groups is 1. The number of anilines is 1. The molecule has 38 heavy (non-hydrogen) atoms. The number of carbonyl (C=O) groups is 1. The van der Waals surface area contributed by atoms with Crippen LogP contribution in [0.5, 0.6) is 5.75 Å². The Kier molecular flexibility index (Phi) is 11.0. The van der Waals surface area contributed by atoms with E-state index in [1.54, 1.807) is 42.2 Å². The van der Waals surface area contributed by atoms with E-state index < -0.39 is 16.1 Å². The van der Waals surface area contributed by atoms with Crippen LogP contribution in [0.1, 0.15) is 50.4 Å². The molecule has 0 fully saturated rings. The van der Waals surface area contributed by atoms with E-state index in [9.17, 15) is 18.3 Å². The lowest BCUT2D eigenvalue weighted by molar-refractivity contribution is -0.000450. The first-order valence-corrected chi connectivity index (χ1v) is 14.7. The third kappa shape index (κ3) is 7.92. The summed E-state index contributed by atoms with van der Waals surface area (Å²) in [7, 11) is -1.98. The highest BCUT2D eigenvalue weighted by Crippen LogP contribution is 2.29. The van der Waals surface area contributed by atoms with Gasteiger partial charge in [-0.3, -0.25) is 9.52 Å². The third-order valence-corrected chi connectivity index (χ3v) is 8.16. The molecule has 1 amide bonds. The topological polar surface area (TPSA) is 117 Å². The van der Waals surface area contributed by atoms with Gasteiger partial charge in [0.05, 0.1) is 35.3 Å². The number of aliphatic hydroxyl groups excluding tert-OH is 1. The molecule has 1 heterocycles. The van der Waals surface area contributed by atoms with E-state index in [1.807, 2.05) is 20.9 Å². The number of hydrogen-bond donors (Lipinski definition) is 3. The predicted octanol–water partition coefficient (Wildman–Crippen LogP) is 3.50. The second kappa shape index (κ2) is 13.9. The monoisotopic (exact) mass is 547 g/mol. The molecule has 0 unspecified atom stereocenters. The molecule has 2 aromatic carbocycles. The molecule has 0 aliphatic carbocycles. The van der Waals surface area contributed by atoms with Crippen molar-refractivity contribution in [3.8, 4) is 5.75 Å². The van der Waals surface area contributed by atoms with Gasteiger partial charge in [-0.15, -0.1) is 0 Å². The van der Waals surface area contributed by atoms with Crippen LogP contribution in [0, 0.1) is 5.92 Å². The van der Waals surface area contributed by atoms with Crippen LogP contribution in [0.2, 0.25) is 0 Å². The van der Waals surface area contributed by atoms with Crippen molar-refractivity contribution in [2.24, 2.45) is 5.92 Å². The number of carbonyl (C=O) groups excluding carboxylic acids is 1. The first-order valence-electron chi connectivity index (χ1n) is 13.2. The van der Waals surface area contributed by atoms with E-state index in [2.05, 4.69) is 10.0 Å². The molecular weight excluding hydrogens is 506 g/mol. The third-order valence-electron chi connectivity index (χ3n) is 6.76. The summed E-state index contributed by atoms with van der Waals surface area (Å²) in [6.45, 7) is 7.15. The second-order valence-electron chi connectivity index (χ2n) is 9.99. The number of ether oxygens (including phenoxy) is 2. The number of hydrogen-bond acceptors (Lipinski definition) is 7. The van der Waals surface area contributed by atoms with E-state index in [0.29, 0.717) is 25.4 Å². The molecular formula is C28H41N3O6S. The molecule has 0 saturated heterocycles. The summed E-state index contributed by atoms with van der Waals surface area (Å²) in [5.74, 6) is 0.0149. The molecule has 210 valence electrons. The molecule has 2 aromatic rings. The molecule has 3 rings (SSSR count). The van der Waals surface area contributed by atoms with Gasteiger partial charge < -0.3 is 24.8 Å². The SMILES string of the molecule is CNC[C@@H]1OCCCC[C@@H](C)Oc2ccc(NS(=O)(=O)c3ccccc3)cc2C(=O)N([C@H](C)CO)C[C@H]1C. The Labute approximate surface area is 226 Å². The fourth-order valence-electron chi connectivity index (χ4n) is 4.49. The van der Waals surface area contributed by atoms with Crippen LogP contribution in [0.4, 0.5) is 5.69 Å². The van der Waals surface area contributed by atoms with E-state index >= 15 is 0 Å². The largest absolute Gasteiger partial charge is 0.490 e. The van der Waals surface area contributed by atoms with Crippen LogP contribution in [0.15, 0.2) is 53.4 Å². The van der Waals surface area contributed by atoms with Crippen molar-refractivity contribution >= 4 is 21.6 Å². The van der Waals surface area contributed by atoms with Crippen molar-refractivity contribution in [1.29, 1.82) is 0 Å². The summed E-state index contributed by atoms with van der Waals surface area (Å²) < 4.78 is 40.8. The molecule has 3 N–H and O–H groups in total. The average Bonchev–Trinajstić information content (AvgIpc) is 2.90. The highest BCUT2D eigenvalue weighted by Gasteiger charge is 2.30. The molecule has 10 heteroatoms. The zero-order valence-corrected chi connectivity index (χ0v) is 23.5. The maximum absolute atomic E-state index is 14.0. The Morgan fingerprint density at radius 2 is 1.87 bits per heavy atom. The van der Waals surface area contributed by atoms with Gasteiger partial charge >= 0.3 is 0 Å². The van der Waals surface area contributed by atoms with E-state index in [4.69, 9.17) is 9.47 Å². The quantitative estimate of drug-likeness (QED) is 0.486. The number of nitrogens with one attached hydrogen (secondary N) is 2. The van der Waals surface area contributed by atoms with Gasteiger partial charge in [0.15, 0.2) is 0 Å². The number of likely N-dealkylation sites (N-methyl/N-ethyl adjacent to an activating group) is 1. The summed E-state index contributed by atoms with van der Waals surface area (Å²) in [5, 5.41) is 13.2. The van der Waals surface area contributed by atoms with Gasteiger partial charge in [0, 0.05) is 31.3 Å². The number of nitrogens with zero attached hydrogens (tertiary/aromatic N) is 1. The molecule has 0 bridgehead atoms. The lowest BCUT2D eigenvalue weighted by Crippen LogP contribution is -2.47. The van der Waals surface area contributed by atoms with Crippen LogP contribution >= 0.6 is 0 Å². The maximum Gasteiger partial charge on any atom is 0.261 e. The maximum atomic E-state index is 14.0. The Morgan fingerprint density at radius 1 is 1.13 bits per heavy atom. The molecule has 4 atom stereocenters. The van der Waals surface area contributed by atoms with Crippen molar-refractivity contribution in [2.45, 2.75) is 63.2 Å². The van der Waals surface area contributed by atoms with Crippen LogP contribution in [-0.2, 0) is 14.8 Å². The van der Waals surface area contributed by atoms with Gasteiger partial charge in [0.25, 0.3) is 15.9 Å². The lowest BCUT2D eigenvalue weighted by Gasteiger charge is -2.34. The van der Waals surface area contributed by atoms with Gasteiger partial charge in [0.2, 0.25) is 0 Å². The van der Waals surface area contributed by atoms with Gasteiger partial charge in [0.1, 0.15) is 5.75 Å². The van der Waals surface area contributed by atoms with Crippen molar-refractivity contribution in [1.82, 2.24) is 10.2 Å². The smallest absolute Gasteiger partial charge is 0.261 e. The predicted molar refractivity (Wildman–Crippen MR) is 148 cm³/mol. The second-order valence-corrected chi connectivity index (χ2v) is 11.7. The molecule has 1 aliphatic heterocycles. The fraction of sp³-hybridized carbons (Fsp3) is 0.536. The molecule has 1 aliphatic rings. The van der Waals surface area contributed by atoms with Crippen LogP contribution in [0.25, 0.3) is 0 Å². The molecule has 0 radical (unpaired) electrons. The fourth-order valence-corrected chi connectivity index (χ4v) is 5.56. The van der Waals surface area contributed by atoms with Crippen molar-refractivity contribution in [3.05, 3.63) is 54.1 Å². The van der Waals surface area contributed by atoms with Gasteiger partial charge in [-0.1, -0.05) is 25.1 Å². The van der Waals surface area contributed by atoms with E-state index in [0.717, 1.165) is 19.3 Å². The first kappa shape index (κ1) is 29.9. The lowest BCUT2D eigenvalue weighted by atomic mass is 10.0. The number of fused-ring (bicyclic) bond motifs is 1. The Balaban J connectivity index is 2.02. The van der Waals surface area contributed by atoms with Crippen LogP contribution < -0.4 is 14.8 Å². The van der Waals surface area contributed by atoms with Crippen molar-refractivity contribution in [2.75, 3.05) is 38.1 Å². The van der Waals surface area contributed by atoms with E-state index in [1.165, 1.54) is 18.2 Å². The highest BCUT2D eigenvalue weighted by atomic mass is 32.2. The van der Waals surface area contributed by atoms with E-state index in [-0.39, 0.29) is 46.8 Å². The van der Waals surface area contributed by atoms with Gasteiger partial charge in [-0.05, 0) is 70.5 Å². The minimum absolute atomic E-state index is 0.0219. The van der Waals surface area contributed by atoms with Crippen molar-refractivity contribution < 1.29 is 27.8 Å². The van der Waals surface area contributed by atoms with Gasteiger partial charge in [-0.2, -0.15) is 0 Å². The number of benzene rings is 2. The summed E-state index contributed by atoms with van der Waals surface area (Å²) >= 11 is 0. The molecule has 0 saturated carbocycles. The van der Waals surface area contributed by atoms with Gasteiger partial charge in [-0.25, -0.2) is 8.42 Å². The first-order chi connectivity index (χ1) is 18.2. The number of sulfonamides is 1. The number of rotatable bonds is 7. The van der Waals surface area contributed by atoms with Crippen molar-refractivity contribution in [3.63, 3.8) is 0 Å². The summed E-state index contributed by atoms with van der Waals surface area (Å²) in [5.41, 5.74) is 0.486. The molecule has 0 aromatic heterocycles. The summed E-state index contributed by atoms with van der Waals surface area (Å²) in [4.78, 5) is 15.7.